The molecule has 0 saturated carbocycles. The van der Waals surface area contributed by atoms with Crippen molar-refractivity contribution in [1.29, 1.82) is 0 Å². The molecule has 2 aromatic carbocycles. The Morgan fingerprint density at radius 2 is 2.10 bits per heavy atom. The number of rotatable bonds is 6. The van der Waals surface area contributed by atoms with E-state index in [-0.39, 0.29) is 17.6 Å². The number of methoxy groups -OCH3 is 1. The molecule has 0 radical (unpaired) electrons. The highest BCUT2D eigenvalue weighted by molar-refractivity contribution is 8.14. The Balaban J connectivity index is 1.51. The maximum Gasteiger partial charge on any atom is 0.259 e. The van der Waals surface area contributed by atoms with Gasteiger partial charge in [0.2, 0.25) is 5.91 Å². The molecule has 0 saturated heterocycles. The van der Waals surface area contributed by atoms with E-state index >= 15 is 0 Å². The Kier molecular flexibility index (Phi) is 6.29. The molecule has 0 unspecified atom stereocenters. The highest BCUT2D eigenvalue weighted by Gasteiger charge is 2.40. The van der Waals surface area contributed by atoms with Crippen LogP contribution >= 0.6 is 23.4 Å². The lowest BCUT2D eigenvalue weighted by molar-refractivity contribution is -0.124. The van der Waals surface area contributed by atoms with E-state index in [1.54, 1.807) is 23.1 Å². The lowest BCUT2D eigenvalue weighted by Crippen LogP contribution is -2.41. The van der Waals surface area contributed by atoms with Crippen LogP contribution in [-0.4, -0.2) is 46.6 Å². The van der Waals surface area contributed by atoms with Crippen molar-refractivity contribution in [3.63, 3.8) is 0 Å². The summed E-state index contributed by atoms with van der Waals surface area (Å²) in [4.78, 5) is 36.3. The van der Waals surface area contributed by atoms with Crippen molar-refractivity contribution in [1.82, 2.24) is 4.90 Å². The Bertz CT molecular complexity index is 1100. The average Bonchev–Trinajstić information content (AvgIpc) is 3.09. The number of benzene rings is 2. The number of aliphatic imine (C=N–C) groups is 2. The molecular formula is C22H21ClN4O3S. The Morgan fingerprint density at radius 3 is 2.84 bits per heavy atom. The minimum absolute atomic E-state index is 0.0835. The first-order valence-electron chi connectivity index (χ1n) is 9.88. The lowest BCUT2D eigenvalue weighted by atomic mass is 10.1. The van der Waals surface area contributed by atoms with Crippen LogP contribution in [0.3, 0.4) is 0 Å². The minimum atomic E-state index is -0.410. The first-order valence-corrected chi connectivity index (χ1v) is 11.2. The number of para-hydroxylation sites is 1. The van der Waals surface area contributed by atoms with Gasteiger partial charge in [0.1, 0.15) is 17.6 Å². The van der Waals surface area contributed by atoms with Gasteiger partial charge < -0.3 is 10.1 Å². The molecule has 0 aromatic heterocycles. The average molecular weight is 457 g/mol. The Hall–Kier alpha value is -2.84. The number of nitrogens with one attached hydrogen (secondary N) is 1. The van der Waals surface area contributed by atoms with E-state index in [1.165, 1.54) is 18.9 Å². The molecule has 2 aliphatic heterocycles. The predicted molar refractivity (Wildman–Crippen MR) is 125 cm³/mol. The highest BCUT2D eigenvalue weighted by Crippen LogP contribution is 2.34. The second-order valence-electron chi connectivity index (χ2n) is 7.03. The van der Waals surface area contributed by atoms with E-state index < -0.39 is 6.04 Å². The van der Waals surface area contributed by atoms with Crippen LogP contribution in [0.1, 0.15) is 25.3 Å². The van der Waals surface area contributed by atoms with E-state index in [0.29, 0.717) is 33.9 Å². The molecule has 2 amide bonds. The molecule has 0 fully saturated rings. The molecule has 2 aromatic rings. The summed E-state index contributed by atoms with van der Waals surface area (Å²) in [6.45, 7) is 2.03. The van der Waals surface area contributed by atoms with E-state index in [1.807, 2.05) is 31.2 Å². The molecule has 0 aliphatic carbocycles. The van der Waals surface area contributed by atoms with Crippen LogP contribution in [-0.2, 0) is 9.59 Å². The van der Waals surface area contributed by atoms with Crippen molar-refractivity contribution in [2.45, 2.75) is 25.8 Å². The molecule has 2 heterocycles. The summed E-state index contributed by atoms with van der Waals surface area (Å²) in [5.74, 6) is 0.896. The smallest absolute Gasteiger partial charge is 0.259 e. The van der Waals surface area contributed by atoms with Crippen molar-refractivity contribution >= 4 is 57.6 Å². The fourth-order valence-electron chi connectivity index (χ4n) is 3.43. The molecule has 160 valence electrons. The van der Waals surface area contributed by atoms with Gasteiger partial charge in [-0.3, -0.25) is 14.6 Å². The van der Waals surface area contributed by atoms with E-state index in [9.17, 15) is 9.59 Å². The van der Waals surface area contributed by atoms with Gasteiger partial charge in [0.05, 0.1) is 23.6 Å². The number of anilines is 1. The van der Waals surface area contributed by atoms with Crippen molar-refractivity contribution in [2.75, 3.05) is 18.2 Å². The number of amides is 2. The van der Waals surface area contributed by atoms with Gasteiger partial charge in [0.25, 0.3) is 5.91 Å². The molecule has 1 atom stereocenters. The number of halogens is 1. The fraction of sp³-hybridized carbons (Fsp3) is 0.273. The SMILES string of the molecule is CCC[C@H]1N=C2c3ccccc3N=C(SCC(=O)Nc3ccc(OC)c(Cl)c3)N2C1=O. The largest absolute Gasteiger partial charge is 0.495 e. The number of carbonyl (C=O) groups is 2. The Labute approximate surface area is 189 Å². The normalized spacial score (nSPS) is 16.9. The molecule has 1 N–H and O–H groups in total. The predicted octanol–water partition coefficient (Wildman–Crippen LogP) is 4.48. The number of thioether (sulfide) groups is 1. The number of ether oxygens (including phenoxy) is 1. The number of hydrogen-bond acceptors (Lipinski definition) is 6. The van der Waals surface area contributed by atoms with E-state index in [2.05, 4.69) is 15.3 Å². The van der Waals surface area contributed by atoms with Gasteiger partial charge in [0, 0.05) is 11.3 Å². The number of hydrogen-bond donors (Lipinski definition) is 1. The summed E-state index contributed by atoms with van der Waals surface area (Å²) >= 11 is 7.32. The highest BCUT2D eigenvalue weighted by atomic mass is 35.5. The monoisotopic (exact) mass is 456 g/mol. The van der Waals surface area contributed by atoms with Gasteiger partial charge >= 0.3 is 0 Å². The van der Waals surface area contributed by atoms with Crippen LogP contribution < -0.4 is 10.1 Å². The second-order valence-corrected chi connectivity index (χ2v) is 8.38. The molecule has 2 aliphatic rings. The number of fused-ring (bicyclic) bond motifs is 3. The van der Waals surface area contributed by atoms with Crippen molar-refractivity contribution < 1.29 is 14.3 Å². The zero-order valence-corrected chi connectivity index (χ0v) is 18.7. The van der Waals surface area contributed by atoms with Crippen molar-refractivity contribution in [3.05, 3.63) is 53.1 Å². The molecule has 31 heavy (non-hydrogen) atoms. The van der Waals surface area contributed by atoms with Gasteiger partial charge in [-0.2, -0.15) is 0 Å². The van der Waals surface area contributed by atoms with Gasteiger partial charge in [0.15, 0.2) is 5.17 Å². The fourth-order valence-corrected chi connectivity index (χ4v) is 4.49. The molecular weight excluding hydrogens is 436 g/mol. The number of carbonyl (C=O) groups excluding carboxylic acids is 2. The maximum absolute atomic E-state index is 13.0. The van der Waals surface area contributed by atoms with Gasteiger partial charge in [-0.1, -0.05) is 48.8 Å². The van der Waals surface area contributed by atoms with Crippen LogP contribution in [0, 0.1) is 0 Å². The molecule has 9 heteroatoms. The minimum Gasteiger partial charge on any atom is -0.495 e. The Morgan fingerprint density at radius 1 is 1.29 bits per heavy atom. The summed E-state index contributed by atoms with van der Waals surface area (Å²) in [6, 6.07) is 12.2. The number of nitrogens with zero attached hydrogens (tertiary/aromatic N) is 3. The summed E-state index contributed by atoms with van der Waals surface area (Å²) < 4.78 is 5.12. The van der Waals surface area contributed by atoms with Crippen LogP contribution in [0.4, 0.5) is 11.4 Å². The number of amidine groups is 2. The second kappa shape index (κ2) is 9.11. The van der Waals surface area contributed by atoms with E-state index in [0.717, 1.165) is 17.7 Å². The van der Waals surface area contributed by atoms with Gasteiger partial charge in [-0.25, -0.2) is 9.89 Å². The standard InChI is InChI=1S/C22H21ClN4O3S/c1-3-6-17-21(29)27-20(25-17)14-7-4-5-8-16(14)26-22(27)31-12-19(28)24-13-9-10-18(30-2)15(23)11-13/h4-5,7-11,17H,3,6,12H2,1-2H3,(H,24,28)/t17-/m1/s1. The van der Waals surface area contributed by atoms with Gasteiger partial charge in [-0.15, -0.1) is 0 Å². The molecule has 4 rings (SSSR count). The third kappa shape index (κ3) is 4.31. The topological polar surface area (TPSA) is 83.4 Å². The lowest BCUT2D eigenvalue weighted by Gasteiger charge is -2.25. The maximum atomic E-state index is 13.0. The zero-order valence-electron chi connectivity index (χ0n) is 17.1. The third-order valence-electron chi connectivity index (χ3n) is 4.88. The summed E-state index contributed by atoms with van der Waals surface area (Å²) in [6.07, 6.45) is 1.53. The molecule has 7 nitrogen and oxygen atoms in total. The van der Waals surface area contributed by atoms with Crippen LogP contribution in [0.25, 0.3) is 0 Å². The van der Waals surface area contributed by atoms with Crippen LogP contribution in [0.15, 0.2) is 52.4 Å². The third-order valence-corrected chi connectivity index (χ3v) is 6.11. The summed E-state index contributed by atoms with van der Waals surface area (Å²) in [5.41, 5.74) is 2.14. The quantitative estimate of drug-likeness (QED) is 0.694. The zero-order chi connectivity index (χ0) is 22.0. The summed E-state index contributed by atoms with van der Waals surface area (Å²) in [7, 11) is 1.53. The van der Waals surface area contributed by atoms with Gasteiger partial charge in [-0.05, 0) is 36.8 Å². The van der Waals surface area contributed by atoms with Crippen LogP contribution in [0.5, 0.6) is 5.75 Å². The van der Waals surface area contributed by atoms with Crippen molar-refractivity contribution in [2.24, 2.45) is 9.98 Å². The first-order chi connectivity index (χ1) is 15.0. The molecule has 0 spiro atoms. The van der Waals surface area contributed by atoms with Crippen LogP contribution in [0.2, 0.25) is 5.02 Å². The molecule has 0 bridgehead atoms. The first kappa shape index (κ1) is 21.4. The van der Waals surface area contributed by atoms with Crippen molar-refractivity contribution in [3.8, 4) is 5.75 Å². The summed E-state index contributed by atoms with van der Waals surface area (Å²) in [5, 5.41) is 3.68. The van der Waals surface area contributed by atoms with E-state index in [4.69, 9.17) is 16.3 Å².